The number of carbonyl (C=O) groups is 3. The van der Waals surface area contributed by atoms with E-state index in [1.807, 2.05) is 0 Å². The molecule has 0 spiro atoms. The molecule has 0 bridgehead atoms. The Hall–Kier alpha value is -2.44. The van der Waals surface area contributed by atoms with Gasteiger partial charge in [-0.2, -0.15) is 0 Å². The molecule has 138 valence electrons. The first kappa shape index (κ1) is 20.6. The van der Waals surface area contributed by atoms with E-state index in [1.54, 1.807) is 26.0 Å². The van der Waals surface area contributed by atoms with Crippen LogP contribution in [0.4, 0.5) is 4.39 Å². The normalized spacial score (nSPS) is 11.5. The summed E-state index contributed by atoms with van der Waals surface area (Å²) in [5, 5.41) is 2.56. The lowest BCUT2D eigenvalue weighted by Crippen LogP contribution is -2.31. The zero-order valence-electron chi connectivity index (χ0n) is 14.5. The van der Waals surface area contributed by atoms with E-state index >= 15 is 0 Å². The average Bonchev–Trinajstić information content (AvgIpc) is 2.56. The highest BCUT2D eigenvalue weighted by atomic mass is 19.1. The number of nitrogens with one attached hydrogen (secondary N) is 1. The molecule has 0 radical (unpaired) electrons. The SMILES string of the molecule is CCOC(=O)CCCNC(=O)COC(=O)C(C)Cc1cccc(F)c1. The summed E-state index contributed by atoms with van der Waals surface area (Å²) in [5.41, 5.74) is 0.688. The molecule has 1 amide bonds. The van der Waals surface area contributed by atoms with Gasteiger partial charge >= 0.3 is 11.9 Å². The van der Waals surface area contributed by atoms with Crippen molar-refractivity contribution in [3.05, 3.63) is 35.6 Å². The van der Waals surface area contributed by atoms with Crippen LogP contribution >= 0.6 is 0 Å². The number of esters is 2. The van der Waals surface area contributed by atoms with Gasteiger partial charge in [-0.15, -0.1) is 0 Å². The van der Waals surface area contributed by atoms with Gasteiger partial charge in [0, 0.05) is 13.0 Å². The second-order valence-corrected chi connectivity index (χ2v) is 5.60. The Bertz CT molecular complexity index is 591. The van der Waals surface area contributed by atoms with Gasteiger partial charge < -0.3 is 14.8 Å². The quantitative estimate of drug-likeness (QED) is 0.514. The maximum atomic E-state index is 13.1. The van der Waals surface area contributed by atoms with Crippen molar-refractivity contribution in [3.8, 4) is 0 Å². The minimum atomic E-state index is -0.522. The monoisotopic (exact) mass is 353 g/mol. The van der Waals surface area contributed by atoms with Crippen LogP contribution in [0.25, 0.3) is 0 Å². The molecule has 7 heteroatoms. The van der Waals surface area contributed by atoms with Gasteiger partial charge in [0.15, 0.2) is 6.61 Å². The van der Waals surface area contributed by atoms with Gasteiger partial charge in [0.2, 0.25) is 0 Å². The highest BCUT2D eigenvalue weighted by Crippen LogP contribution is 2.11. The molecule has 0 heterocycles. The van der Waals surface area contributed by atoms with Gasteiger partial charge in [-0.25, -0.2) is 4.39 Å². The summed E-state index contributed by atoms with van der Waals surface area (Å²) in [6.07, 6.45) is 1.00. The van der Waals surface area contributed by atoms with Crippen molar-refractivity contribution in [2.24, 2.45) is 5.92 Å². The number of halogens is 1. The third kappa shape index (κ3) is 8.83. The molecule has 0 saturated carbocycles. The summed E-state index contributed by atoms with van der Waals surface area (Å²) in [5.74, 6) is -2.12. The van der Waals surface area contributed by atoms with Gasteiger partial charge in [0.1, 0.15) is 5.82 Å². The average molecular weight is 353 g/mol. The van der Waals surface area contributed by atoms with E-state index in [0.29, 0.717) is 31.6 Å². The number of hydrogen-bond donors (Lipinski definition) is 1. The number of ether oxygens (including phenoxy) is 2. The van der Waals surface area contributed by atoms with Crippen molar-refractivity contribution in [2.75, 3.05) is 19.8 Å². The number of amides is 1. The minimum absolute atomic E-state index is 0.221. The Labute approximate surface area is 146 Å². The molecule has 0 aliphatic heterocycles. The molecule has 1 rings (SSSR count). The summed E-state index contributed by atoms with van der Waals surface area (Å²) in [7, 11) is 0. The lowest BCUT2D eigenvalue weighted by Gasteiger charge is -2.12. The van der Waals surface area contributed by atoms with E-state index in [4.69, 9.17) is 9.47 Å². The van der Waals surface area contributed by atoms with Gasteiger partial charge in [0.25, 0.3) is 5.91 Å². The molecule has 0 aliphatic rings. The Kier molecular flexibility index (Phi) is 9.21. The summed E-state index contributed by atoms with van der Waals surface area (Å²) >= 11 is 0. The van der Waals surface area contributed by atoms with Crippen LogP contribution in [0.3, 0.4) is 0 Å². The van der Waals surface area contributed by atoms with Gasteiger partial charge in [-0.05, 0) is 37.5 Å². The van der Waals surface area contributed by atoms with Crippen molar-refractivity contribution in [2.45, 2.75) is 33.1 Å². The number of rotatable bonds is 10. The standard InChI is InChI=1S/C18H24FNO5/c1-3-24-17(22)8-5-9-20-16(21)12-25-18(23)13(2)10-14-6-4-7-15(19)11-14/h4,6-7,11,13H,3,5,8-10,12H2,1-2H3,(H,20,21). The zero-order valence-corrected chi connectivity index (χ0v) is 14.5. The first-order valence-corrected chi connectivity index (χ1v) is 8.25. The van der Waals surface area contributed by atoms with Crippen molar-refractivity contribution < 1.29 is 28.2 Å². The Morgan fingerprint density at radius 1 is 1.24 bits per heavy atom. The molecule has 1 atom stereocenters. The minimum Gasteiger partial charge on any atom is -0.466 e. The number of benzene rings is 1. The van der Waals surface area contributed by atoms with E-state index in [-0.39, 0.29) is 24.8 Å². The van der Waals surface area contributed by atoms with Crippen molar-refractivity contribution in [1.29, 1.82) is 0 Å². The van der Waals surface area contributed by atoms with Crippen LogP contribution in [-0.4, -0.2) is 37.6 Å². The molecule has 1 aromatic rings. The van der Waals surface area contributed by atoms with E-state index in [1.165, 1.54) is 12.1 Å². The maximum absolute atomic E-state index is 13.1. The highest BCUT2D eigenvalue weighted by Gasteiger charge is 2.16. The van der Waals surface area contributed by atoms with Crippen LogP contribution < -0.4 is 5.32 Å². The van der Waals surface area contributed by atoms with E-state index < -0.39 is 17.8 Å². The summed E-state index contributed by atoms with van der Waals surface area (Å²) in [4.78, 5) is 34.6. The molecular formula is C18H24FNO5. The molecule has 0 fully saturated rings. The van der Waals surface area contributed by atoms with Crippen molar-refractivity contribution in [1.82, 2.24) is 5.32 Å². The number of carbonyl (C=O) groups excluding carboxylic acids is 3. The van der Waals surface area contributed by atoms with Crippen LogP contribution in [0.2, 0.25) is 0 Å². The van der Waals surface area contributed by atoms with Crippen molar-refractivity contribution in [3.63, 3.8) is 0 Å². The Balaban J connectivity index is 2.21. The van der Waals surface area contributed by atoms with E-state index in [2.05, 4.69) is 5.32 Å². The van der Waals surface area contributed by atoms with Crippen LogP contribution in [0.1, 0.15) is 32.3 Å². The van der Waals surface area contributed by atoms with Crippen LogP contribution in [0.5, 0.6) is 0 Å². The zero-order chi connectivity index (χ0) is 18.7. The molecule has 25 heavy (non-hydrogen) atoms. The third-order valence-corrected chi connectivity index (χ3v) is 3.36. The summed E-state index contributed by atoms with van der Waals surface area (Å²) < 4.78 is 22.8. The predicted octanol–water partition coefficient (Wildman–Crippen LogP) is 2.01. The molecule has 1 N–H and O–H groups in total. The number of hydrogen-bond acceptors (Lipinski definition) is 5. The Morgan fingerprint density at radius 2 is 2.00 bits per heavy atom. The lowest BCUT2D eigenvalue weighted by molar-refractivity contribution is -0.152. The smallest absolute Gasteiger partial charge is 0.309 e. The predicted molar refractivity (Wildman–Crippen MR) is 89.1 cm³/mol. The van der Waals surface area contributed by atoms with Gasteiger partial charge in [0.05, 0.1) is 12.5 Å². The van der Waals surface area contributed by atoms with Gasteiger partial charge in [-0.3, -0.25) is 14.4 Å². The molecule has 0 aromatic heterocycles. The topological polar surface area (TPSA) is 81.7 Å². The van der Waals surface area contributed by atoms with E-state index in [9.17, 15) is 18.8 Å². The highest BCUT2D eigenvalue weighted by molar-refractivity contribution is 5.81. The maximum Gasteiger partial charge on any atom is 0.309 e. The van der Waals surface area contributed by atoms with Crippen molar-refractivity contribution >= 4 is 17.8 Å². The second-order valence-electron chi connectivity index (χ2n) is 5.60. The van der Waals surface area contributed by atoms with Crippen LogP contribution in [-0.2, 0) is 30.3 Å². The summed E-state index contributed by atoms with van der Waals surface area (Å²) in [6.45, 7) is 3.63. The fraction of sp³-hybridized carbons (Fsp3) is 0.500. The third-order valence-electron chi connectivity index (χ3n) is 3.36. The molecule has 6 nitrogen and oxygen atoms in total. The fourth-order valence-electron chi connectivity index (χ4n) is 2.12. The molecule has 0 saturated heterocycles. The van der Waals surface area contributed by atoms with E-state index in [0.717, 1.165) is 0 Å². The largest absolute Gasteiger partial charge is 0.466 e. The molecule has 0 aliphatic carbocycles. The van der Waals surface area contributed by atoms with Gasteiger partial charge in [-0.1, -0.05) is 19.1 Å². The molecule has 1 unspecified atom stereocenters. The molecule has 1 aromatic carbocycles. The van der Waals surface area contributed by atoms with Crippen LogP contribution in [0.15, 0.2) is 24.3 Å². The first-order valence-electron chi connectivity index (χ1n) is 8.25. The van der Waals surface area contributed by atoms with Crippen LogP contribution in [0, 0.1) is 11.7 Å². The second kappa shape index (κ2) is 11.2. The fourth-order valence-corrected chi connectivity index (χ4v) is 2.12. The Morgan fingerprint density at radius 3 is 2.68 bits per heavy atom. The lowest BCUT2D eigenvalue weighted by atomic mass is 10.0. The first-order chi connectivity index (χ1) is 11.9. The summed E-state index contributed by atoms with van der Waals surface area (Å²) in [6, 6.07) is 5.99. The molecular weight excluding hydrogens is 329 g/mol.